The number of thiazole rings is 1. The Labute approximate surface area is 144 Å². The Bertz CT molecular complexity index is 720. The van der Waals surface area contributed by atoms with E-state index < -0.39 is 23.9 Å². The minimum Gasteiger partial charge on any atom is -0.480 e. The van der Waals surface area contributed by atoms with E-state index in [1.165, 1.54) is 0 Å². The normalized spacial score (nSPS) is 12.5. The van der Waals surface area contributed by atoms with E-state index >= 15 is 0 Å². The maximum absolute atomic E-state index is 12.5. The predicted molar refractivity (Wildman–Crippen MR) is 88.0 cm³/mol. The zero-order chi connectivity index (χ0) is 17.7. The third kappa shape index (κ3) is 5.17. The quantitative estimate of drug-likeness (QED) is 0.698. The number of halogens is 3. The number of carboxylic acids is 1. The number of hydrogen-bond donors (Lipinski definition) is 3. The summed E-state index contributed by atoms with van der Waals surface area (Å²) in [4.78, 5) is 14.7. The van der Waals surface area contributed by atoms with Gasteiger partial charge in [0, 0.05) is 11.8 Å². The van der Waals surface area contributed by atoms with Crippen LogP contribution >= 0.6 is 23.6 Å². The van der Waals surface area contributed by atoms with Crippen LogP contribution in [-0.2, 0) is 17.4 Å². The molecule has 0 aliphatic rings. The predicted octanol–water partition coefficient (Wildman–Crippen LogP) is 3.14. The molecule has 2 aromatic rings. The van der Waals surface area contributed by atoms with Crippen LogP contribution in [0.2, 0.25) is 0 Å². The van der Waals surface area contributed by atoms with E-state index in [1.54, 1.807) is 30.3 Å². The molecule has 0 amide bonds. The SMILES string of the molecule is O=C(O)C(Cc1ccccc1)NC(=S)Nc1nc(C(F)(F)F)cs1. The maximum Gasteiger partial charge on any atom is 0.434 e. The molecule has 10 heteroatoms. The van der Waals surface area contributed by atoms with Crippen molar-refractivity contribution < 1.29 is 23.1 Å². The number of thiocarbonyl (C=S) groups is 1. The molecule has 24 heavy (non-hydrogen) atoms. The van der Waals surface area contributed by atoms with Crippen LogP contribution in [0.4, 0.5) is 18.3 Å². The van der Waals surface area contributed by atoms with Gasteiger partial charge in [0.25, 0.3) is 0 Å². The number of aromatic nitrogens is 1. The lowest BCUT2D eigenvalue weighted by Crippen LogP contribution is -2.44. The van der Waals surface area contributed by atoms with Crippen molar-refractivity contribution in [3.05, 3.63) is 47.0 Å². The summed E-state index contributed by atoms with van der Waals surface area (Å²) in [7, 11) is 0. The standard InChI is InChI=1S/C14H12F3N3O2S2/c15-14(16,17)10-7-24-13(19-10)20-12(23)18-9(11(21)22)6-8-4-2-1-3-5-8/h1-5,7,9H,6H2,(H,21,22)(H2,18,19,20,23). The summed E-state index contributed by atoms with van der Waals surface area (Å²) < 4.78 is 37.5. The van der Waals surface area contributed by atoms with Gasteiger partial charge < -0.3 is 15.7 Å². The van der Waals surface area contributed by atoms with E-state index in [-0.39, 0.29) is 16.7 Å². The van der Waals surface area contributed by atoms with Gasteiger partial charge in [-0.2, -0.15) is 13.2 Å². The highest BCUT2D eigenvalue weighted by atomic mass is 32.1. The Balaban J connectivity index is 1.98. The highest BCUT2D eigenvalue weighted by Crippen LogP contribution is 2.31. The van der Waals surface area contributed by atoms with Gasteiger partial charge in [0.1, 0.15) is 6.04 Å². The molecule has 0 spiro atoms. The molecule has 2 rings (SSSR count). The molecule has 1 heterocycles. The number of rotatable bonds is 5. The smallest absolute Gasteiger partial charge is 0.434 e. The van der Waals surface area contributed by atoms with Crippen LogP contribution in [-0.4, -0.2) is 27.2 Å². The first-order chi connectivity index (χ1) is 11.3. The van der Waals surface area contributed by atoms with Gasteiger partial charge >= 0.3 is 12.1 Å². The minimum absolute atomic E-state index is 0.0660. The first kappa shape index (κ1) is 18.1. The number of nitrogens with zero attached hydrogens (tertiary/aromatic N) is 1. The monoisotopic (exact) mass is 375 g/mol. The van der Waals surface area contributed by atoms with Gasteiger partial charge in [0.15, 0.2) is 15.9 Å². The summed E-state index contributed by atoms with van der Waals surface area (Å²) in [6, 6.07) is 7.88. The Hall–Kier alpha value is -2.20. The van der Waals surface area contributed by atoms with Crippen LogP contribution < -0.4 is 10.6 Å². The van der Waals surface area contributed by atoms with Gasteiger partial charge in [-0.15, -0.1) is 11.3 Å². The minimum atomic E-state index is -4.54. The van der Waals surface area contributed by atoms with E-state index in [9.17, 15) is 23.1 Å². The molecule has 0 bridgehead atoms. The van der Waals surface area contributed by atoms with Gasteiger partial charge in [0.2, 0.25) is 0 Å². The lowest BCUT2D eigenvalue weighted by molar-refractivity contribution is -0.141. The summed E-state index contributed by atoms with van der Waals surface area (Å²) in [5, 5.41) is 15.0. The summed E-state index contributed by atoms with van der Waals surface area (Å²) in [6.07, 6.45) is -4.37. The second-order valence-electron chi connectivity index (χ2n) is 4.71. The van der Waals surface area contributed by atoms with Crippen molar-refractivity contribution >= 4 is 39.8 Å². The molecule has 1 atom stereocenters. The van der Waals surface area contributed by atoms with Crippen LogP contribution in [0, 0.1) is 0 Å². The molecular weight excluding hydrogens is 363 g/mol. The fourth-order valence-electron chi connectivity index (χ4n) is 1.80. The zero-order valence-electron chi connectivity index (χ0n) is 12.0. The van der Waals surface area contributed by atoms with Gasteiger partial charge in [-0.1, -0.05) is 30.3 Å². The zero-order valence-corrected chi connectivity index (χ0v) is 13.6. The molecule has 5 nitrogen and oxygen atoms in total. The molecule has 128 valence electrons. The molecular formula is C14H12F3N3O2S2. The number of carboxylic acid groups (broad SMARTS) is 1. The Morgan fingerprint density at radius 1 is 1.33 bits per heavy atom. The number of anilines is 1. The van der Waals surface area contributed by atoms with Crippen molar-refractivity contribution in [1.29, 1.82) is 0 Å². The molecule has 0 fully saturated rings. The van der Waals surface area contributed by atoms with Crippen molar-refractivity contribution in [2.45, 2.75) is 18.6 Å². The molecule has 0 aliphatic carbocycles. The number of nitrogens with one attached hydrogen (secondary N) is 2. The molecule has 0 aliphatic heterocycles. The second-order valence-corrected chi connectivity index (χ2v) is 5.98. The van der Waals surface area contributed by atoms with Crippen molar-refractivity contribution in [2.75, 3.05) is 5.32 Å². The van der Waals surface area contributed by atoms with Crippen LogP contribution in [0.5, 0.6) is 0 Å². The van der Waals surface area contributed by atoms with Crippen LogP contribution in [0.25, 0.3) is 0 Å². The molecule has 0 saturated heterocycles. The summed E-state index contributed by atoms with van der Waals surface area (Å²) in [6.45, 7) is 0. The lowest BCUT2D eigenvalue weighted by atomic mass is 10.1. The highest BCUT2D eigenvalue weighted by Gasteiger charge is 2.33. The van der Waals surface area contributed by atoms with E-state index in [2.05, 4.69) is 15.6 Å². The number of benzene rings is 1. The number of aliphatic carboxylic acids is 1. The molecule has 1 aromatic heterocycles. The third-order valence-electron chi connectivity index (χ3n) is 2.90. The third-order valence-corrected chi connectivity index (χ3v) is 3.88. The summed E-state index contributed by atoms with van der Waals surface area (Å²) in [5.41, 5.74) is -0.245. The van der Waals surface area contributed by atoms with Gasteiger partial charge in [-0.3, -0.25) is 0 Å². The van der Waals surface area contributed by atoms with Crippen LogP contribution in [0.15, 0.2) is 35.7 Å². The van der Waals surface area contributed by atoms with E-state index in [1.807, 2.05) is 0 Å². The van der Waals surface area contributed by atoms with Crippen molar-refractivity contribution in [3.63, 3.8) is 0 Å². The Kier molecular flexibility index (Phi) is 5.73. The Morgan fingerprint density at radius 2 is 2.00 bits per heavy atom. The van der Waals surface area contributed by atoms with Crippen LogP contribution in [0.3, 0.4) is 0 Å². The average Bonchev–Trinajstić information content (AvgIpc) is 2.96. The first-order valence-electron chi connectivity index (χ1n) is 6.62. The van der Waals surface area contributed by atoms with Crippen molar-refractivity contribution in [2.24, 2.45) is 0 Å². The number of carbonyl (C=O) groups is 1. The first-order valence-corrected chi connectivity index (χ1v) is 7.91. The van der Waals surface area contributed by atoms with E-state index in [0.29, 0.717) is 0 Å². The highest BCUT2D eigenvalue weighted by molar-refractivity contribution is 7.80. The van der Waals surface area contributed by atoms with Gasteiger partial charge in [-0.05, 0) is 17.8 Å². The fourth-order valence-corrected chi connectivity index (χ4v) is 2.83. The van der Waals surface area contributed by atoms with E-state index in [4.69, 9.17) is 12.2 Å². The Morgan fingerprint density at radius 3 is 2.54 bits per heavy atom. The van der Waals surface area contributed by atoms with Crippen molar-refractivity contribution in [1.82, 2.24) is 10.3 Å². The van der Waals surface area contributed by atoms with E-state index in [0.717, 1.165) is 22.3 Å². The molecule has 1 aromatic carbocycles. The van der Waals surface area contributed by atoms with Gasteiger partial charge in [-0.25, -0.2) is 9.78 Å². The van der Waals surface area contributed by atoms with Crippen LogP contribution in [0.1, 0.15) is 11.3 Å². The lowest BCUT2D eigenvalue weighted by Gasteiger charge is -2.16. The number of alkyl halides is 3. The average molecular weight is 375 g/mol. The van der Waals surface area contributed by atoms with Crippen molar-refractivity contribution in [3.8, 4) is 0 Å². The molecule has 0 radical (unpaired) electrons. The fraction of sp³-hybridized carbons (Fsp3) is 0.214. The molecule has 0 saturated carbocycles. The molecule has 3 N–H and O–H groups in total. The topological polar surface area (TPSA) is 74.2 Å². The summed E-state index contributed by atoms with van der Waals surface area (Å²) in [5.74, 6) is -1.13. The largest absolute Gasteiger partial charge is 0.480 e. The second kappa shape index (κ2) is 7.58. The van der Waals surface area contributed by atoms with Gasteiger partial charge in [0.05, 0.1) is 0 Å². The molecule has 1 unspecified atom stereocenters. The number of hydrogen-bond acceptors (Lipinski definition) is 4. The maximum atomic E-state index is 12.5. The summed E-state index contributed by atoms with van der Waals surface area (Å²) >= 11 is 5.68.